The molecule has 11 heteroatoms. The van der Waals surface area contributed by atoms with Gasteiger partial charge in [0.2, 0.25) is 15.9 Å². The van der Waals surface area contributed by atoms with E-state index in [1.54, 1.807) is 0 Å². The number of aryl methyl sites for hydroxylation is 1. The zero-order valence-electron chi connectivity index (χ0n) is 15.4. The van der Waals surface area contributed by atoms with Crippen molar-refractivity contribution in [1.82, 2.24) is 14.3 Å². The Balaban J connectivity index is 1.50. The number of oxazole rings is 1. The van der Waals surface area contributed by atoms with Crippen LogP contribution in [0, 0.1) is 6.92 Å². The van der Waals surface area contributed by atoms with Gasteiger partial charge in [-0.25, -0.2) is 18.2 Å². The van der Waals surface area contributed by atoms with Crippen LogP contribution >= 0.6 is 11.3 Å². The molecule has 2 heterocycles. The summed E-state index contributed by atoms with van der Waals surface area (Å²) in [7, 11) is -2.66. The minimum absolute atomic E-state index is 0.0847. The molecule has 0 aliphatic rings. The number of hydrogen-bond donors (Lipinski definition) is 2. The van der Waals surface area contributed by atoms with Crippen molar-refractivity contribution in [1.29, 1.82) is 0 Å². The zero-order chi connectivity index (χ0) is 20.8. The van der Waals surface area contributed by atoms with Crippen molar-refractivity contribution in [3.8, 4) is 0 Å². The van der Waals surface area contributed by atoms with Gasteiger partial charge in [-0.2, -0.15) is 4.31 Å². The highest BCUT2D eigenvalue weighted by molar-refractivity contribution is 7.89. The standard InChI is InChI=1S/C18H16N4O5S2/c1-10-3-5-13-15(7-10)28-17(19-13)21-16(23)9-22(2)29(25,26)11-4-6-12-14(8-11)27-18(24)20-12/h3-8H,9H2,1-2H3,(H,20,24)(H,19,21,23). The smallest absolute Gasteiger partial charge is 0.408 e. The van der Waals surface area contributed by atoms with Crippen molar-refractivity contribution in [2.45, 2.75) is 11.8 Å². The molecule has 2 N–H and O–H groups in total. The maximum absolute atomic E-state index is 12.8. The van der Waals surface area contributed by atoms with E-state index in [1.807, 2.05) is 25.1 Å². The van der Waals surface area contributed by atoms with Crippen LogP contribution in [0.2, 0.25) is 0 Å². The van der Waals surface area contributed by atoms with E-state index in [-0.39, 0.29) is 10.5 Å². The highest BCUT2D eigenvalue weighted by Gasteiger charge is 2.24. The first-order valence-electron chi connectivity index (χ1n) is 8.49. The lowest BCUT2D eigenvalue weighted by molar-refractivity contribution is -0.116. The Morgan fingerprint density at radius 1 is 1.28 bits per heavy atom. The average Bonchev–Trinajstić information content (AvgIpc) is 3.21. The molecule has 9 nitrogen and oxygen atoms in total. The number of thiazole rings is 1. The second kappa shape index (κ2) is 7.10. The first-order valence-corrected chi connectivity index (χ1v) is 10.7. The van der Waals surface area contributed by atoms with E-state index in [0.29, 0.717) is 10.6 Å². The summed E-state index contributed by atoms with van der Waals surface area (Å²) >= 11 is 1.32. The number of sulfonamides is 1. The second-order valence-electron chi connectivity index (χ2n) is 6.47. The number of aromatic amines is 1. The van der Waals surface area contributed by atoms with Gasteiger partial charge in [0, 0.05) is 13.1 Å². The van der Waals surface area contributed by atoms with Crippen LogP contribution in [0.1, 0.15) is 5.56 Å². The largest absolute Gasteiger partial charge is 0.417 e. The van der Waals surface area contributed by atoms with Crippen LogP contribution in [-0.4, -0.2) is 42.2 Å². The Hall–Kier alpha value is -3.02. The topological polar surface area (TPSA) is 125 Å². The summed E-state index contributed by atoms with van der Waals surface area (Å²) in [6, 6.07) is 9.78. The van der Waals surface area contributed by atoms with Crippen LogP contribution in [0.3, 0.4) is 0 Å². The molecule has 0 fully saturated rings. The fraction of sp³-hybridized carbons (Fsp3) is 0.167. The number of H-pyrrole nitrogens is 1. The number of carbonyl (C=O) groups excluding carboxylic acids is 1. The van der Waals surface area contributed by atoms with Gasteiger partial charge in [-0.1, -0.05) is 17.4 Å². The first kappa shape index (κ1) is 19.3. The molecule has 2 aromatic heterocycles. The number of nitrogens with one attached hydrogen (secondary N) is 2. The third kappa shape index (κ3) is 3.79. The Kier molecular flexibility index (Phi) is 4.73. The van der Waals surface area contributed by atoms with Crippen molar-refractivity contribution < 1.29 is 17.6 Å². The molecule has 0 spiro atoms. The number of benzene rings is 2. The molecule has 0 radical (unpaired) electrons. The van der Waals surface area contributed by atoms with E-state index < -0.39 is 28.2 Å². The highest BCUT2D eigenvalue weighted by atomic mass is 32.2. The molecule has 4 rings (SSSR count). The van der Waals surface area contributed by atoms with Gasteiger partial charge in [0.15, 0.2) is 10.7 Å². The average molecular weight is 432 g/mol. The summed E-state index contributed by atoms with van der Waals surface area (Å²) in [5.74, 6) is -1.19. The number of rotatable bonds is 5. The first-order chi connectivity index (χ1) is 13.7. The molecule has 0 aliphatic carbocycles. The van der Waals surface area contributed by atoms with Gasteiger partial charge in [-0.3, -0.25) is 9.78 Å². The van der Waals surface area contributed by atoms with Gasteiger partial charge in [0.1, 0.15) is 0 Å². The molecule has 0 atom stereocenters. The molecule has 29 heavy (non-hydrogen) atoms. The fourth-order valence-corrected chi connectivity index (χ4v) is 4.92. The third-order valence-electron chi connectivity index (χ3n) is 4.26. The SMILES string of the molecule is Cc1ccc2nc(NC(=O)CN(C)S(=O)(=O)c3ccc4[nH]c(=O)oc4c3)sc2c1. The Morgan fingerprint density at radius 3 is 2.86 bits per heavy atom. The molecule has 2 aromatic carbocycles. The maximum Gasteiger partial charge on any atom is 0.417 e. The number of anilines is 1. The molecular formula is C18H16N4O5S2. The summed E-state index contributed by atoms with van der Waals surface area (Å²) in [5.41, 5.74) is 2.36. The Labute approximate surface area is 169 Å². The fourth-order valence-electron chi connectivity index (χ4n) is 2.80. The van der Waals surface area contributed by atoms with Gasteiger partial charge < -0.3 is 9.73 Å². The van der Waals surface area contributed by atoms with Crippen molar-refractivity contribution in [3.05, 3.63) is 52.5 Å². The van der Waals surface area contributed by atoms with E-state index >= 15 is 0 Å². The molecule has 1 amide bonds. The molecule has 0 saturated carbocycles. The summed E-state index contributed by atoms with van der Waals surface area (Å²) in [6.07, 6.45) is 0. The number of aromatic nitrogens is 2. The Morgan fingerprint density at radius 2 is 2.07 bits per heavy atom. The molecule has 0 bridgehead atoms. The lowest BCUT2D eigenvalue weighted by Crippen LogP contribution is -2.34. The zero-order valence-corrected chi connectivity index (χ0v) is 17.1. The van der Waals surface area contributed by atoms with E-state index in [9.17, 15) is 18.0 Å². The van der Waals surface area contributed by atoms with Crippen molar-refractivity contribution in [2.75, 3.05) is 18.9 Å². The van der Waals surface area contributed by atoms with Gasteiger partial charge >= 0.3 is 5.76 Å². The predicted molar refractivity (Wildman–Crippen MR) is 110 cm³/mol. The minimum Gasteiger partial charge on any atom is -0.408 e. The predicted octanol–water partition coefficient (Wildman–Crippen LogP) is 2.30. The van der Waals surface area contributed by atoms with Gasteiger partial charge in [-0.05, 0) is 36.8 Å². The number of likely N-dealkylation sites (N-methyl/N-ethyl adjacent to an activating group) is 1. The second-order valence-corrected chi connectivity index (χ2v) is 9.55. The number of amides is 1. The summed E-state index contributed by atoms with van der Waals surface area (Å²) in [6.45, 7) is 1.57. The number of nitrogens with zero attached hydrogens (tertiary/aromatic N) is 2. The van der Waals surface area contributed by atoms with Crippen molar-refractivity contribution in [3.63, 3.8) is 0 Å². The molecule has 0 saturated heterocycles. The summed E-state index contributed by atoms with van der Waals surface area (Å²) < 4.78 is 32.3. The van der Waals surface area contributed by atoms with Crippen LogP contribution in [0.15, 0.2) is 50.5 Å². The van der Waals surface area contributed by atoms with Crippen LogP contribution in [0.25, 0.3) is 21.3 Å². The van der Waals surface area contributed by atoms with Crippen LogP contribution in [0.4, 0.5) is 5.13 Å². The molecule has 150 valence electrons. The van der Waals surface area contributed by atoms with Crippen LogP contribution in [0.5, 0.6) is 0 Å². The highest BCUT2D eigenvalue weighted by Crippen LogP contribution is 2.26. The number of fused-ring (bicyclic) bond motifs is 2. The number of carbonyl (C=O) groups is 1. The Bertz CT molecular complexity index is 1400. The van der Waals surface area contributed by atoms with Crippen molar-refractivity contribution >= 4 is 53.7 Å². The van der Waals surface area contributed by atoms with Crippen LogP contribution < -0.4 is 11.1 Å². The molecule has 4 aromatic rings. The van der Waals surface area contributed by atoms with Gasteiger partial charge in [0.25, 0.3) is 0 Å². The normalized spacial score (nSPS) is 12.1. The van der Waals surface area contributed by atoms with Gasteiger partial charge in [0.05, 0.1) is 27.2 Å². The van der Waals surface area contributed by atoms with Crippen LogP contribution in [-0.2, 0) is 14.8 Å². The summed E-state index contributed by atoms with van der Waals surface area (Å²) in [4.78, 5) is 30.3. The van der Waals surface area contributed by atoms with E-state index in [0.717, 1.165) is 20.1 Å². The number of hydrogen-bond acceptors (Lipinski definition) is 7. The molecular weight excluding hydrogens is 416 g/mol. The summed E-state index contributed by atoms with van der Waals surface area (Å²) in [5, 5.41) is 3.04. The monoisotopic (exact) mass is 432 g/mol. The van der Waals surface area contributed by atoms with E-state index in [4.69, 9.17) is 4.42 Å². The molecule has 0 unspecified atom stereocenters. The minimum atomic E-state index is -3.96. The van der Waals surface area contributed by atoms with E-state index in [1.165, 1.54) is 36.6 Å². The maximum atomic E-state index is 12.8. The third-order valence-corrected chi connectivity index (χ3v) is 6.99. The van der Waals surface area contributed by atoms with E-state index in [2.05, 4.69) is 15.3 Å². The van der Waals surface area contributed by atoms with Gasteiger partial charge in [-0.15, -0.1) is 0 Å². The molecule has 0 aliphatic heterocycles. The quantitative estimate of drug-likeness (QED) is 0.498. The lowest BCUT2D eigenvalue weighted by atomic mass is 10.2. The van der Waals surface area contributed by atoms with Crippen molar-refractivity contribution in [2.24, 2.45) is 0 Å². The lowest BCUT2D eigenvalue weighted by Gasteiger charge is -2.16.